The molecule has 1 amide bonds. The molecule has 0 fully saturated rings. The highest BCUT2D eigenvalue weighted by atomic mass is 127. The Morgan fingerprint density at radius 1 is 1.20 bits per heavy atom. The van der Waals surface area contributed by atoms with Gasteiger partial charge in [0.1, 0.15) is 0 Å². The fourth-order valence-electron chi connectivity index (χ4n) is 2.47. The Balaban J connectivity index is 0. The van der Waals surface area contributed by atoms with Gasteiger partial charge in [0.15, 0.2) is 5.96 Å². The Hall–Kier alpha value is -0.570. The van der Waals surface area contributed by atoms with E-state index in [1.165, 1.54) is 6.42 Å². The molecule has 0 aromatic rings. The average molecular weight is 469 g/mol. The molecule has 0 saturated carbocycles. The first kappa shape index (κ1) is 26.7. The predicted octanol–water partition coefficient (Wildman–Crippen LogP) is 2.44. The van der Waals surface area contributed by atoms with E-state index in [1.54, 1.807) is 7.05 Å². The minimum Gasteiger partial charge on any atom is -0.359 e. The number of nitrogens with zero attached hydrogens (tertiary/aromatic N) is 2. The number of hydrogen-bond donors (Lipinski definition) is 3. The van der Waals surface area contributed by atoms with Gasteiger partial charge in [0.25, 0.3) is 0 Å². The standard InChI is InChI=1S/C18H39N5O.HI/c1-8-20-17(21-14-18(5,6)16(24)19-7)22-15(4)12-11-13-23(9-2)10-3;/h15H,8-14H2,1-7H3,(H,19,24)(H2,20,21,22);1H. The Kier molecular flexibility index (Phi) is 15.6. The summed E-state index contributed by atoms with van der Waals surface area (Å²) >= 11 is 0. The van der Waals surface area contributed by atoms with Crippen LogP contribution in [0.4, 0.5) is 0 Å². The number of aliphatic imine (C=N–C) groups is 1. The molecule has 150 valence electrons. The van der Waals surface area contributed by atoms with Crippen LogP contribution < -0.4 is 16.0 Å². The molecule has 0 aliphatic heterocycles. The summed E-state index contributed by atoms with van der Waals surface area (Å²) in [7, 11) is 1.66. The molecule has 0 rings (SSSR count). The number of guanidine groups is 1. The zero-order valence-corrected chi connectivity index (χ0v) is 19.6. The van der Waals surface area contributed by atoms with Crippen LogP contribution >= 0.6 is 24.0 Å². The molecule has 6 nitrogen and oxygen atoms in total. The quantitative estimate of drug-likeness (QED) is 0.247. The smallest absolute Gasteiger partial charge is 0.227 e. The molecule has 0 radical (unpaired) electrons. The molecular formula is C18H40IN5O. The molecule has 0 spiro atoms. The van der Waals surface area contributed by atoms with Gasteiger partial charge < -0.3 is 20.9 Å². The zero-order valence-electron chi connectivity index (χ0n) is 17.2. The highest BCUT2D eigenvalue weighted by molar-refractivity contribution is 14.0. The predicted molar refractivity (Wildman–Crippen MR) is 119 cm³/mol. The van der Waals surface area contributed by atoms with Gasteiger partial charge >= 0.3 is 0 Å². The molecule has 0 aromatic heterocycles. The van der Waals surface area contributed by atoms with Crippen LogP contribution in [0.3, 0.4) is 0 Å². The minimum absolute atomic E-state index is 0. The van der Waals surface area contributed by atoms with Crippen LogP contribution in [0.1, 0.15) is 54.4 Å². The number of amides is 1. The number of hydrogen-bond acceptors (Lipinski definition) is 3. The molecule has 0 heterocycles. The lowest BCUT2D eigenvalue weighted by Gasteiger charge is -2.23. The highest BCUT2D eigenvalue weighted by Crippen LogP contribution is 2.15. The summed E-state index contributed by atoms with van der Waals surface area (Å²) in [6, 6.07) is 0.349. The Labute approximate surface area is 172 Å². The van der Waals surface area contributed by atoms with Crippen molar-refractivity contribution in [2.24, 2.45) is 10.4 Å². The van der Waals surface area contributed by atoms with Gasteiger partial charge in [0.05, 0.1) is 12.0 Å². The van der Waals surface area contributed by atoms with Crippen LogP contribution in [0, 0.1) is 5.41 Å². The van der Waals surface area contributed by atoms with Gasteiger partial charge in [-0.2, -0.15) is 0 Å². The first-order valence-electron chi connectivity index (χ1n) is 9.30. The SMILES string of the molecule is CCNC(=NCC(C)(C)C(=O)NC)NC(C)CCCN(CC)CC.I. The summed E-state index contributed by atoms with van der Waals surface area (Å²) in [5.41, 5.74) is -0.511. The van der Waals surface area contributed by atoms with Crippen molar-refractivity contribution in [1.29, 1.82) is 0 Å². The molecule has 0 saturated heterocycles. The van der Waals surface area contributed by atoms with Crippen molar-refractivity contribution in [3.63, 3.8) is 0 Å². The maximum Gasteiger partial charge on any atom is 0.227 e. The molecule has 1 atom stereocenters. The molecule has 0 bridgehead atoms. The number of carbonyl (C=O) groups excluding carboxylic acids is 1. The van der Waals surface area contributed by atoms with E-state index >= 15 is 0 Å². The van der Waals surface area contributed by atoms with Crippen LogP contribution in [0.15, 0.2) is 4.99 Å². The van der Waals surface area contributed by atoms with E-state index in [9.17, 15) is 4.79 Å². The summed E-state index contributed by atoms with van der Waals surface area (Å²) in [5, 5.41) is 9.40. The first-order chi connectivity index (χ1) is 11.3. The van der Waals surface area contributed by atoms with Crippen molar-refractivity contribution in [2.45, 2.75) is 60.4 Å². The van der Waals surface area contributed by atoms with E-state index in [4.69, 9.17) is 0 Å². The van der Waals surface area contributed by atoms with E-state index in [-0.39, 0.29) is 29.9 Å². The molecular weight excluding hydrogens is 429 g/mol. The van der Waals surface area contributed by atoms with Gasteiger partial charge in [-0.05, 0) is 60.2 Å². The van der Waals surface area contributed by atoms with E-state index in [1.807, 2.05) is 20.8 Å². The lowest BCUT2D eigenvalue weighted by molar-refractivity contribution is -0.128. The second-order valence-corrected chi connectivity index (χ2v) is 6.87. The Morgan fingerprint density at radius 3 is 2.28 bits per heavy atom. The number of carbonyl (C=O) groups is 1. The summed E-state index contributed by atoms with van der Waals surface area (Å²) in [5.74, 6) is 0.791. The summed E-state index contributed by atoms with van der Waals surface area (Å²) in [6.07, 6.45) is 2.26. The van der Waals surface area contributed by atoms with Crippen molar-refractivity contribution in [3.05, 3.63) is 0 Å². The second kappa shape index (κ2) is 14.6. The molecule has 7 heteroatoms. The van der Waals surface area contributed by atoms with Crippen molar-refractivity contribution in [1.82, 2.24) is 20.9 Å². The fraction of sp³-hybridized carbons (Fsp3) is 0.889. The lowest BCUT2D eigenvalue weighted by Crippen LogP contribution is -2.44. The van der Waals surface area contributed by atoms with Crippen molar-refractivity contribution >= 4 is 35.8 Å². The van der Waals surface area contributed by atoms with Crippen LogP contribution in [-0.4, -0.2) is 62.6 Å². The number of nitrogens with one attached hydrogen (secondary N) is 3. The summed E-state index contributed by atoms with van der Waals surface area (Å²) in [4.78, 5) is 18.9. The third kappa shape index (κ3) is 11.6. The number of rotatable bonds is 11. The molecule has 3 N–H and O–H groups in total. The van der Waals surface area contributed by atoms with Crippen molar-refractivity contribution in [2.75, 3.05) is 39.8 Å². The average Bonchev–Trinajstić information content (AvgIpc) is 2.56. The largest absolute Gasteiger partial charge is 0.359 e. The molecule has 0 aliphatic carbocycles. The monoisotopic (exact) mass is 469 g/mol. The van der Waals surface area contributed by atoms with E-state index < -0.39 is 5.41 Å². The van der Waals surface area contributed by atoms with Gasteiger partial charge in [-0.25, -0.2) is 0 Å². The van der Waals surface area contributed by atoms with Gasteiger partial charge in [-0.3, -0.25) is 9.79 Å². The third-order valence-electron chi connectivity index (χ3n) is 4.21. The number of halogens is 1. The Morgan fingerprint density at radius 2 is 1.80 bits per heavy atom. The topological polar surface area (TPSA) is 68.8 Å². The molecule has 1 unspecified atom stereocenters. The van der Waals surface area contributed by atoms with Crippen LogP contribution in [0.5, 0.6) is 0 Å². The summed E-state index contributed by atoms with van der Waals surface area (Å²) in [6.45, 7) is 17.1. The van der Waals surface area contributed by atoms with E-state index in [0.717, 1.165) is 38.6 Å². The highest BCUT2D eigenvalue weighted by Gasteiger charge is 2.26. The fourth-order valence-corrected chi connectivity index (χ4v) is 2.47. The third-order valence-corrected chi connectivity index (χ3v) is 4.21. The van der Waals surface area contributed by atoms with Crippen LogP contribution in [0.2, 0.25) is 0 Å². The Bertz CT molecular complexity index is 384. The first-order valence-corrected chi connectivity index (χ1v) is 9.30. The van der Waals surface area contributed by atoms with Gasteiger partial charge in [-0.15, -0.1) is 24.0 Å². The van der Waals surface area contributed by atoms with Gasteiger partial charge in [0.2, 0.25) is 5.91 Å². The van der Waals surface area contributed by atoms with Gasteiger partial charge in [-0.1, -0.05) is 13.8 Å². The lowest BCUT2D eigenvalue weighted by atomic mass is 9.93. The molecule has 0 aliphatic rings. The van der Waals surface area contributed by atoms with E-state index in [2.05, 4.69) is 46.6 Å². The van der Waals surface area contributed by atoms with E-state index in [0.29, 0.717) is 12.6 Å². The summed E-state index contributed by atoms with van der Waals surface area (Å²) < 4.78 is 0. The maximum absolute atomic E-state index is 11.9. The van der Waals surface area contributed by atoms with Crippen LogP contribution in [-0.2, 0) is 4.79 Å². The van der Waals surface area contributed by atoms with Crippen molar-refractivity contribution in [3.8, 4) is 0 Å². The minimum atomic E-state index is -0.511. The maximum atomic E-state index is 11.9. The van der Waals surface area contributed by atoms with Gasteiger partial charge in [0, 0.05) is 19.6 Å². The molecule has 25 heavy (non-hydrogen) atoms. The second-order valence-electron chi connectivity index (χ2n) is 6.87. The van der Waals surface area contributed by atoms with Crippen LogP contribution in [0.25, 0.3) is 0 Å². The normalized spacial score (nSPS) is 13.2. The van der Waals surface area contributed by atoms with Crippen molar-refractivity contribution < 1.29 is 4.79 Å². The molecule has 0 aromatic carbocycles. The zero-order chi connectivity index (χ0) is 18.6.